The van der Waals surface area contributed by atoms with Gasteiger partial charge in [-0.05, 0) is 312 Å². The Morgan fingerprint density at radius 3 is 0.993 bits per heavy atom. The van der Waals surface area contributed by atoms with E-state index < -0.39 is 24.2 Å². The van der Waals surface area contributed by atoms with Crippen molar-refractivity contribution in [3.8, 4) is 151 Å². The molecule has 0 radical (unpaired) electrons. The van der Waals surface area contributed by atoms with E-state index in [-0.39, 0.29) is 0 Å². The van der Waals surface area contributed by atoms with Gasteiger partial charge < -0.3 is 9.80 Å². The third-order valence-corrected chi connectivity index (χ3v) is 41.5. The maximum Gasteiger partial charge on any atom is 0.145 e. The molecule has 7 heteroatoms. The summed E-state index contributed by atoms with van der Waals surface area (Å²) in [4.78, 5) is 9.90. The highest BCUT2D eigenvalue weighted by Gasteiger charge is 2.45. The SMILES string of the molecule is C[Si]1(C)c2cc(-c3ccc(-n4c(-c5ccccc5)nc5ccccc54)cc3)ccc2-c2cc3c4c(cccc4c21)-c1ccccc1-3.C[Si]1(C)c2cc(N(c3ccc(-c4ccccc4)cc3)c3ccc(-c4ccccc4)cc3)ccc2-c2cc3c4c(cccc4c21)-c1ccccc1-3.C[Si]1(C)c2cc(N(c3ccccc3)c3cccc4ccccc34)ccc2-c2cc3c4c(cccc4c21)-c1ccccc1-3. The molecule has 22 aromatic carbocycles. The number of imidazole rings is 1. The molecular weight excluding hydrogens is 1710 g/mol. The largest absolute Gasteiger partial charge is 0.311 e. The van der Waals surface area contributed by atoms with Gasteiger partial charge in [0, 0.05) is 45.1 Å². The van der Waals surface area contributed by atoms with E-state index in [0.717, 1.165) is 39.5 Å². The fourth-order valence-electron chi connectivity index (χ4n) is 24.6. The van der Waals surface area contributed by atoms with E-state index in [0.29, 0.717) is 0 Å². The Morgan fingerprint density at radius 1 is 0.203 bits per heavy atom. The van der Waals surface area contributed by atoms with Gasteiger partial charge in [0.1, 0.15) is 30.0 Å². The normalized spacial score (nSPS) is 13.5. The van der Waals surface area contributed by atoms with E-state index in [4.69, 9.17) is 4.98 Å². The Bertz CT molecular complexity index is 8920. The first-order valence-electron chi connectivity index (χ1n) is 48.4. The molecule has 0 saturated heterocycles. The minimum absolute atomic E-state index is 0.961. The Morgan fingerprint density at radius 2 is 0.522 bits per heavy atom. The Balaban J connectivity index is 0.000000105. The number of fused-ring (bicyclic) bond motifs is 23. The molecule has 3 aliphatic carbocycles. The van der Waals surface area contributed by atoms with Crippen molar-refractivity contribution < 1.29 is 0 Å². The number of rotatable bonds is 11. The number of aromatic nitrogens is 2. The summed E-state index contributed by atoms with van der Waals surface area (Å²) < 4.78 is 2.28. The molecule has 0 fully saturated rings. The Kier molecular flexibility index (Phi) is 18.4. The van der Waals surface area contributed by atoms with Crippen molar-refractivity contribution >= 4 is 144 Å². The van der Waals surface area contributed by atoms with Gasteiger partial charge >= 0.3 is 0 Å². The van der Waals surface area contributed by atoms with Crippen LogP contribution in [-0.2, 0) is 0 Å². The zero-order valence-corrected chi connectivity index (χ0v) is 80.7. The van der Waals surface area contributed by atoms with Crippen molar-refractivity contribution in [1.82, 2.24) is 9.55 Å². The number of hydrogen-bond donors (Lipinski definition) is 0. The van der Waals surface area contributed by atoms with Crippen LogP contribution in [0.2, 0.25) is 39.3 Å². The summed E-state index contributed by atoms with van der Waals surface area (Å²) in [5, 5.41) is 20.5. The second-order valence-electron chi connectivity index (χ2n) is 39.5. The van der Waals surface area contributed by atoms with Crippen LogP contribution in [0, 0.1) is 0 Å². The number of benzene rings is 22. The number of para-hydroxylation sites is 3. The highest BCUT2D eigenvalue weighted by Crippen LogP contribution is 2.55. The van der Waals surface area contributed by atoms with Crippen molar-refractivity contribution in [3.05, 3.63) is 461 Å². The van der Waals surface area contributed by atoms with Gasteiger partial charge in [0.2, 0.25) is 0 Å². The topological polar surface area (TPSA) is 24.3 Å². The molecule has 0 N–H and O–H groups in total. The number of nitrogens with zero attached hydrogens (tertiary/aromatic N) is 4. The van der Waals surface area contributed by atoms with E-state index in [2.05, 4.69) is 515 Å². The molecule has 23 aromatic rings. The smallest absolute Gasteiger partial charge is 0.145 e. The lowest BCUT2D eigenvalue weighted by molar-refractivity contribution is 1.10. The van der Waals surface area contributed by atoms with E-state index in [9.17, 15) is 0 Å². The van der Waals surface area contributed by atoms with Gasteiger partial charge in [-0.3, -0.25) is 4.57 Å². The Labute approximate surface area is 807 Å². The van der Waals surface area contributed by atoms with Crippen LogP contribution in [-0.4, -0.2) is 33.8 Å². The molecule has 6 aliphatic rings. The highest BCUT2D eigenvalue weighted by atomic mass is 28.3. The molecule has 4 nitrogen and oxygen atoms in total. The van der Waals surface area contributed by atoms with Gasteiger partial charge in [-0.25, -0.2) is 4.98 Å². The van der Waals surface area contributed by atoms with Gasteiger partial charge in [-0.2, -0.15) is 0 Å². The zero-order chi connectivity index (χ0) is 92.0. The molecule has 4 heterocycles. The molecular formula is C131H94N4Si3. The third-order valence-electron chi connectivity index (χ3n) is 30.9. The molecule has 0 atom stereocenters. The quantitative estimate of drug-likeness (QED) is 0.121. The number of anilines is 6. The van der Waals surface area contributed by atoms with E-state index >= 15 is 0 Å². The molecule has 3 aliphatic heterocycles. The van der Waals surface area contributed by atoms with Gasteiger partial charge in [-0.1, -0.05) is 391 Å². The first-order chi connectivity index (χ1) is 67.7. The first kappa shape index (κ1) is 81.2. The molecule has 650 valence electrons. The fraction of sp³-hybridized carbons (Fsp3) is 0.0458. The second-order valence-corrected chi connectivity index (χ2v) is 52.3. The van der Waals surface area contributed by atoms with Crippen LogP contribution >= 0.6 is 0 Å². The van der Waals surface area contributed by atoms with E-state index in [1.165, 1.54) is 215 Å². The van der Waals surface area contributed by atoms with Gasteiger partial charge in [0.05, 0.1) is 16.7 Å². The third kappa shape index (κ3) is 12.4. The molecule has 0 bridgehead atoms. The minimum atomic E-state index is -2.08. The standard InChI is InChI=1S/C48H35NSi.C43H30N2Si.C40H29NSi/c1-50(2)46-30-38(28-29-41(46)45-31-44-40-17-10-9-16-39(40)42-18-11-19-43(47(42)44)48(45)50)49(36-24-20-34(21-25-36)32-12-5-3-6-13-32)37-26-22-35(23-27-37)33-14-7-4-8-15-33;1-46(2)40-25-29(21-24-33(40)37-26-36-32-14-7-6-13-31(32)34-15-10-16-35(41(34)36)42(37)46)27-19-22-30(23-20-27)45-39-18-9-8-17-38(39)44-43(45)28-11-4-3-5-12-28;1-42(2)38-24-28(41(27-14-4-3-5-15-27)37-21-10-13-26-12-6-7-16-29(26)37)22-23-32(38)36-25-35-31-18-9-8-17-30(31)33-19-11-20-34(39(33)35)40(36)42/h3-31H,1-2H3;3-26H,1-2H3;3-25H,1-2H3. The predicted molar refractivity (Wildman–Crippen MR) is 595 cm³/mol. The average Bonchev–Trinajstić information content (AvgIpc) is 1.54. The van der Waals surface area contributed by atoms with Crippen LogP contribution in [0.5, 0.6) is 0 Å². The van der Waals surface area contributed by atoms with Crippen molar-refractivity contribution in [2.75, 3.05) is 9.80 Å². The average molecular weight is 1810 g/mol. The lowest BCUT2D eigenvalue weighted by atomic mass is 9.95. The molecule has 0 saturated carbocycles. The zero-order valence-electron chi connectivity index (χ0n) is 77.7. The van der Waals surface area contributed by atoms with E-state index in [1.807, 2.05) is 0 Å². The highest BCUT2D eigenvalue weighted by molar-refractivity contribution is 7.06. The molecule has 0 amide bonds. The minimum Gasteiger partial charge on any atom is -0.311 e. The monoisotopic (exact) mass is 1810 g/mol. The Hall–Kier alpha value is -16.4. The summed E-state index contributed by atoms with van der Waals surface area (Å²) >= 11 is 0. The predicted octanol–water partition coefficient (Wildman–Crippen LogP) is 32.0. The molecule has 29 rings (SSSR count). The number of hydrogen-bond acceptors (Lipinski definition) is 3. The summed E-state index contributed by atoms with van der Waals surface area (Å²) in [6, 6.07) is 170. The van der Waals surface area contributed by atoms with Crippen molar-refractivity contribution in [2.24, 2.45) is 0 Å². The molecule has 1 aromatic heterocycles. The lowest BCUT2D eigenvalue weighted by Gasteiger charge is -2.28. The van der Waals surface area contributed by atoms with Crippen LogP contribution in [0.25, 0.3) is 205 Å². The summed E-state index contributed by atoms with van der Waals surface area (Å²) in [7, 11) is -6.08. The molecule has 138 heavy (non-hydrogen) atoms. The van der Waals surface area contributed by atoms with E-state index in [1.54, 1.807) is 15.6 Å². The van der Waals surface area contributed by atoms with Crippen LogP contribution in [0.3, 0.4) is 0 Å². The maximum atomic E-state index is 5.03. The van der Waals surface area contributed by atoms with Crippen LogP contribution in [0.15, 0.2) is 461 Å². The van der Waals surface area contributed by atoms with Crippen molar-refractivity contribution in [3.63, 3.8) is 0 Å². The summed E-state index contributed by atoms with van der Waals surface area (Å²) in [5.41, 5.74) is 43.8. The molecule has 0 spiro atoms. The molecule has 0 unspecified atom stereocenters. The summed E-state index contributed by atoms with van der Waals surface area (Å²) in [6.45, 7) is 15.3. The van der Waals surface area contributed by atoms with Crippen molar-refractivity contribution in [1.29, 1.82) is 0 Å². The van der Waals surface area contributed by atoms with Gasteiger partial charge in [0.25, 0.3) is 0 Å². The maximum absolute atomic E-state index is 5.03. The van der Waals surface area contributed by atoms with Crippen LogP contribution in [0.1, 0.15) is 0 Å². The van der Waals surface area contributed by atoms with Crippen LogP contribution < -0.4 is 40.9 Å². The summed E-state index contributed by atoms with van der Waals surface area (Å²) in [5.74, 6) is 0.961. The first-order valence-corrected chi connectivity index (χ1v) is 57.4. The van der Waals surface area contributed by atoms with Gasteiger partial charge in [-0.15, -0.1) is 0 Å². The summed E-state index contributed by atoms with van der Waals surface area (Å²) in [6.07, 6.45) is 0. The lowest BCUT2D eigenvalue weighted by Crippen LogP contribution is -2.49. The second kappa shape index (κ2) is 31.3. The van der Waals surface area contributed by atoms with Crippen molar-refractivity contribution in [2.45, 2.75) is 39.3 Å². The van der Waals surface area contributed by atoms with Gasteiger partial charge in [0.15, 0.2) is 0 Å². The fourth-order valence-corrected chi connectivity index (χ4v) is 34.9. The van der Waals surface area contributed by atoms with Crippen LogP contribution in [0.4, 0.5) is 34.1 Å².